The smallest absolute Gasteiger partial charge is 0.335 e. The Morgan fingerprint density at radius 3 is 2.57 bits per heavy atom. The van der Waals surface area contributed by atoms with E-state index in [1.807, 2.05) is 0 Å². The number of carbonyl (C=O) groups excluding carboxylic acids is 1. The van der Waals surface area contributed by atoms with Crippen molar-refractivity contribution in [1.82, 2.24) is 14.9 Å². The molecule has 1 aromatic heterocycles. The van der Waals surface area contributed by atoms with Gasteiger partial charge in [-0.05, 0) is 18.6 Å². The zero-order valence-corrected chi connectivity index (χ0v) is 15.0. The van der Waals surface area contributed by atoms with Gasteiger partial charge >= 0.3 is 5.97 Å². The fraction of sp³-hybridized carbons (Fsp3) is 0.368. The SMILES string of the molecule is O=C(O)c1cc(Oc2cnc(C(=O)N3CCC3)cn2)cc(OC2CCOC2)c1. The number of carboxylic acids is 1. The topological polar surface area (TPSA) is 111 Å². The predicted molar refractivity (Wildman–Crippen MR) is 95.9 cm³/mol. The third kappa shape index (κ3) is 4.04. The van der Waals surface area contributed by atoms with Crippen LogP contribution in [0.25, 0.3) is 0 Å². The number of rotatable bonds is 6. The summed E-state index contributed by atoms with van der Waals surface area (Å²) in [4.78, 5) is 33.4. The van der Waals surface area contributed by atoms with Crippen LogP contribution in [0.2, 0.25) is 0 Å². The van der Waals surface area contributed by atoms with Gasteiger partial charge in [-0.3, -0.25) is 4.79 Å². The Balaban J connectivity index is 1.50. The van der Waals surface area contributed by atoms with Crippen molar-refractivity contribution in [1.29, 1.82) is 0 Å². The Kier molecular flexibility index (Phi) is 5.07. The molecule has 1 unspecified atom stereocenters. The summed E-state index contributed by atoms with van der Waals surface area (Å²) in [6, 6.07) is 4.40. The van der Waals surface area contributed by atoms with Gasteiger partial charge in [0.05, 0.1) is 31.2 Å². The number of amides is 1. The van der Waals surface area contributed by atoms with Crippen molar-refractivity contribution in [2.75, 3.05) is 26.3 Å². The number of carbonyl (C=O) groups is 2. The Morgan fingerprint density at radius 2 is 1.96 bits per heavy atom. The second-order valence-corrected chi connectivity index (χ2v) is 6.59. The fourth-order valence-electron chi connectivity index (χ4n) is 2.90. The number of ether oxygens (including phenoxy) is 3. The van der Waals surface area contributed by atoms with Gasteiger partial charge in [0, 0.05) is 25.6 Å². The van der Waals surface area contributed by atoms with Gasteiger partial charge in [0.25, 0.3) is 5.91 Å². The van der Waals surface area contributed by atoms with E-state index in [0.29, 0.717) is 19.0 Å². The van der Waals surface area contributed by atoms with E-state index in [2.05, 4.69) is 9.97 Å². The van der Waals surface area contributed by atoms with Crippen LogP contribution in [0.3, 0.4) is 0 Å². The van der Waals surface area contributed by atoms with Gasteiger partial charge in [-0.1, -0.05) is 0 Å². The lowest BCUT2D eigenvalue weighted by Crippen LogP contribution is -2.42. The number of benzene rings is 1. The number of carboxylic acid groups (broad SMARTS) is 1. The average Bonchev–Trinajstić information content (AvgIpc) is 3.13. The Morgan fingerprint density at radius 1 is 1.14 bits per heavy atom. The fourth-order valence-corrected chi connectivity index (χ4v) is 2.90. The third-order valence-corrected chi connectivity index (χ3v) is 4.53. The number of aromatic carboxylic acids is 1. The first-order chi connectivity index (χ1) is 13.6. The van der Waals surface area contributed by atoms with E-state index in [9.17, 15) is 14.7 Å². The Hall–Kier alpha value is -3.20. The molecule has 1 amide bonds. The van der Waals surface area contributed by atoms with E-state index in [0.717, 1.165) is 25.9 Å². The predicted octanol–water partition coefficient (Wildman–Crippen LogP) is 1.98. The number of hydrogen-bond donors (Lipinski definition) is 1. The summed E-state index contributed by atoms with van der Waals surface area (Å²) in [5.74, 6) is -0.474. The molecule has 9 nitrogen and oxygen atoms in total. The number of aromatic nitrogens is 2. The molecule has 1 N–H and O–H groups in total. The molecular formula is C19H19N3O6. The van der Waals surface area contributed by atoms with Gasteiger partial charge in [0.15, 0.2) is 0 Å². The molecule has 2 fully saturated rings. The molecule has 9 heteroatoms. The minimum atomic E-state index is -1.10. The van der Waals surface area contributed by atoms with E-state index >= 15 is 0 Å². The highest BCUT2D eigenvalue weighted by Gasteiger charge is 2.23. The molecule has 3 heterocycles. The maximum absolute atomic E-state index is 12.1. The van der Waals surface area contributed by atoms with Crippen LogP contribution >= 0.6 is 0 Å². The van der Waals surface area contributed by atoms with Crippen molar-refractivity contribution in [2.24, 2.45) is 0 Å². The van der Waals surface area contributed by atoms with Crippen molar-refractivity contribution in [2.45, 2.75) is 18.9 Å². The van der Waals surface area contributed by atoms with Crippen LogP contribution < -0.4 is 9.47 Å². The van der Waals surface area contributed by atoms with Crippen LogP contribution in [0.1, 0.15) is 33.7 Å². The summed E-state index contributed by atoms with van der Waals surface area (Å²) in [6.45, 7) is 2.54. The largest absolute Gasteiger partial charge is 0.488 e. The zero-order chi connectivity index (χ0) is 19.5. The first kappa shape index (κ1) is 18.2. The summed E-state index contributed by atoms with van der Waals surface area (Å²) in [5.41, 5.74) is 0.278. The first-order valence-electron chi connectivity index (χ1n) is 9.00. The van der Waals surface area contributed by atoms with Gasteiger partial charge < -0.3 is 24.2 Å². The highest BCUT2D eigenvalue weighted by Crippen LogP contribution is 2.28. The van der Waals surface area contributed by atoms with E-state index in [1.165, 1.54) is 24.5 Å². The maximum atomic E-state index is 12.1. The second-order valence-electron chi connectivity index (χ2n) is 6.59. The molecule has 4 rings (SSSR count). The standard InChI is InChI=1S/C19H19N3O6/c23-18(22-3-1-4-22)16-9-21-17(10-20-16)28-15-7-12(19(24)25)6-14(8-15)27-13-2-5-26-11-13/h6-10,13H,1-5,11H2,(H,24,25). The lowest BCUT2D eigenvalue weighted by atomic mass is 10.2. The van der Waals surface area contributed by atoms with Gasteiger partial charge in [-0.15, -0.1) is 0 Å². The van der Waals surface area contributed by atoms with Crippen LogP contribution in [0.5, 0.6) is 17.4 Å². The lowest BCUT2D eigenvalue weighted by Gasteiger charge is -2.30. The minimum absolute atomic E-state index is 0.0314. The summed E-state index contributed by atoms with van der Waals surface area (Å²) in [5, 5.41) is 9.33. The monoisotopic (exact) mass is 385 g/mol. The molecule has 0 bridgehead atoms. The van der Waals surface area contributed by atoms with Gasteiger partial charge in [0.1, 0.15) is 23.3 Å². The zero-order valence-electron chi connectivity index (χ0n) is 15.0. The van der Waals surface area contributed by atoms with Crippen molar-refractivity contribution in [3.63, 3.8) is 0 Å². The molecule has 0 aliphatic carbocycles. The van der Waals surface area contributed by atoms with E-state index in [4.69, 9.17) is 14.2 Å². The average molecular weight is 385 g/mol. The Bertz CT molecular complexity index is 876. The Labute approximate surface area is 160 Å². The molecular weight excluding hydrogens is 366 g/mol. The summed E-state index contributed by atoms with van der Waals surface area (Å²) in [7, 11) is 0. The molecule has 1 aromatic carbocycles. The highest BCUT2D eigenvalue weighted by atomic mass is 16.5. The summed E-state index contributed by atoms with van der Waals surface area (Å²) in [6.07, 6.45) is 4.31. The molecule has 0 saturated carbocycles. The molecule has 2 aromatic rings. The number of nitrogens with zero attached hydrogens (tertiary/aromatic N) is 3. The van der Waals surface area contributed by atoms with E-state index in [1.54, 1.807) is 11.0 Å². The molecule has 28 heavy (non-hydrogen) atoms. The van der Waals surface area contributed by atoms with E-state index < -0.39 is 5.97 Å². The molecule has 0 spiro atoms. The summed E-state index contributed by atoms with van der Waals surface area (Å²) >= 11 is 0. The molecule has 0 radical (unpaired) electrons. The second kappa shape index (κ2) is 7.81. The highest BCUT2D eigenvalue weighted by molar-refractivity contribution is 5.92. The first-order valence-corrected chi connectivity index (χ1v) is 9.00. The van der Waals surface area contributed by atoms with Crippen molar-refractivity contribution in [3.05, 3.63) is 41.9 Å². The lowest BCUT2D eigenvalue weighted by molar-refractivity contribution is 0.0643. The molecule has 1 atom stereocenters. The maximum Gasteiger partial charge on any atom is 0.335 e. The van der Waals surface area contributed by atoms with Crippen LogP contribution in [0.15, 0.2) is 30.6 Å². The van der Waals surface area contributed by atoms with Crippen molar-refractivity contribution >= 4 is 11.9 Å². The van der Waals surface area contributed by atoms with Crippen molar-refractivity contribution in [3.8, 4) is 17.4 Å². The third-order valence-electron chi connectivity index (χ3n) is 4.53. The minimum Gasteiger partial charge on any atom is -0.488 e. The van der Waals surface area contributed by atoms with Crippen molar-refractivity contribution < 1.29 is 28.9 Å². The van der Waals surface area contributed by atoms with Crippen LogP contribution in [0, 0.1) is 0 Å². The molecule has 2 aliphatic rings. The normalized spacial score (nSPS) is 18.4. The van der Waals surface area contributed by atoms with Crippen LogP contribution in [-0.4, -0.2) is 64.3 Å². The van der Waals surface area contributed by atoms with Crippen LogP contribution in [-0.2, 0) is 4.74 Å². The summed E-state index contributed by atoms with van der Waals surface area (Å²) < 4.78 is 16.7. The molecule has 146 valence electrons. The number of hydrogen-bond acceptors (Lipinski definition) is 7. The van der Waals surface area contributed by atoms with E-state index in [-0.39, 0.29) is 34.9 Å². The number of likely N-dealkylation sites (tertiary alicyclic amines) is 1. The van der Waals surface area contributed by atoms with Gasteiger partial charge in [-0.2, -0.15) is 0 Å². The quantitative estimate of drug-likeness (QED) is 0.804. The van der Waals surface area contributed by atoms with Crippen LogP contribution in [0.4, 0.5) is 0 Å². The molecule has 2 aliphatic heterocycles. The van der Waals surface area contributed by atoms with Gasteiger partial charge in [-0.25, -0.2) is 14.8 Å². The van der Waals surface area contributed by atoms with Gasteiger partial charge in [0.2, 0.25) is 5.88 Å². The molecule has 2 saturated heterocycles.